The monoisotopic (exact) mass is 352 g/mol. The quantitative estimate of drug-likeness (QED) is 0.819. The highest BCUT2D eigenvalue weighted by molar-refractivity contribution is 6.39. The van der Waals surface area contributed by atoms with Gasteiger partial charge in [-0.3, -0.25) is 9.59 Å². The van der Waals surface area contributed by atoms with E-state index < -0.39 is 17.6 Å². The summed E-state index contributed by atoms with van der Waals surface area (Å²) in [5, 5.41) is 5.59. The number of amides is 2. The molecule has 1 aliphatic carbocycles. The molecule has 6 nitrogen and oxygen atoms in total. The number of hydrogen-bond acceptors (Lipinski definition) is 4. The molecule has 2 N–H and O–H groups in total. The van der Waals surface area contributed by atoms with Crippen molar-refractivity contribution in [3.05, 3.63) is 29.3 Å². The molecule has 1 saturated carbocycles. The predicted molar refractivity (Wildman–Crippen MR) is 89.7 cm³/mol. The van der Waals surface area contributed by atoms with Gasteiger partial charge in [0.1, 0.15) is 6.10 Å². The molecular formula is C17H21ClN2O4. The molecule has 0 bridgehead atoms. The summed E-state index contributed by atoms with van der Waals surface area (Å²) in [6.45, 7) is 0.694. The van der Waals surface area contributed by atoms with Crippen LogP contribution in [0.3, 0.4) is 0 Å². The molecule has 1 spiro atoms. The van der Waals surface area contributed by atoms with Crippen molar-refractivity contribution in [3.63, 3.8) is 0 Å². The highest BCUT2D eigenvalue weighted by atomic mass is 35.5. The number of anilines is 1. The maximum atomic E-state index is 11.9. The van der Waals surface area contributed by atoms with Gasteiger partial charge in [-0.1, -0.05) is 24.1 Å². The number of ether oxygens (including phenoxy) is 2. The van der Waals surface area contributed by atoms with E-state index in [2.05, 4.69) is 10.6 Å². The van der Waals surface area contributed by atoms with E-state index in [9.17, 15) is 9.59 Å². The van der Waals surface area contributed by atoms with Crippen molar-refractivity contribution in [1.29, 1.82) is 0 Å². The Balaban J connectivity index is 1.44. The van der Waals surface area contributed by atoms with Crippen molar-refractivity contribution in [2.24, 2.45) is 0 Å². The fourth-order valence-electron chi connectivity index (χ4n) is 3.11. The number of nitrogens with one attached hydrogen (secondary N) is 2. The molecule has 1 saturated heterocycles. The molecule has 1 aromatic rings. The number of carbonyl (C=O) groups excluding carboxylic acids is 2. The SMILES string of the molecule is O=C(NC[C@H]1COC2(CCCCC2)O1)C(=O)Nc1cccc(Cl)c1. The first-order valence-corrected chi connectivity index (χ1v) is 8.61. The molecule has 2 fully saturated rings. The zero-order chi connectivity index (χ0) is 17.0. The number of rotatable bonds is 3. The van der Waals surface area contributed by atoms with Gasteiger partial charge in [-0.25, -0.2) is 0 Å². The van der Waals surface area contributed by atoms with E-state index in [0.29, 0.717) is 17.3 Å². The van der Waals surface area contributed by atoms with Gasteiger partial charge in [0.25, 0.3) is 0 Å². The minimum atomic E-state index is -0.733. The lowest BCUT2D eigenvalue weighted by Gasteiger charge is -2.31. The van der Waals surface area contributed by atoms with Gasteiger partial charge in [0, 0.05) is 30.1 Å². The second-order valence-electron chi connectivity index (χ2n) is 6.20. The molecule has 0 radical (unpaired) electrons. The van der Waals surface area contributed by atoms with E-state index in [1.165, 1.54) is 6.42 Å². The van der Waals surface area contributed by atoms with Gasteiger partial charge in [0.05, 0.1) is 6.61 Å². The summed E-state index contributed by atoms with van der Waals surface area (Å²) >= 11 is 5.84. The molecule has 7 heteroatoms. The van der Waals surface area contributed by atoms with Crippen molar-refractivity contribution in [2.45, 2.75) is 44.0 Å². The van der Waals surface area contributed by atoms with Crippen molar-refractivity contribution in [2.75, 3.05) is 18.5 Å². The van der Waals surface area contributed by atoms with E-state index in [0.717, 1.165) is 25.7 Å². The molecule has 0 aromatic heterocycles. The third kappa shape index (κ3) is 4.26. The zero-order valence-electron chi connectivity index (χ0n) is 13.3. The van der Waals surface area contributed by atoms with E-state index in [-0.39, 0.29) is 12.6 Å². The van der Waals surface area contributed by atoms with Crippen LogP contribution in [0.5, 0.6) is 0 Å². The summed E-state index contributed by atoms with van der Waals surface area (Å²) in [5.41, 5.74) is 0.476. The Kier molecular flexibility index (Phi) is 5.38. The molecule has 1 atom stereocenters. The maximum Gasteiger partial charge on any atom is 0.313 e. The van der Waals surface area contributed by atoms with Crippen LogP contribution in [0.4, 0.5) is 5.69 Å². The summed E-state index contributed by atoms with van der Waals surface area (Å²) in [7, 11) is 0. The van der Waals surface area contributed by atoms with Gasteiger partial charge < -0.3 is 20.1 Å². The summed E-state index contributed by atoms with van der Waals surface area (Å²) in [5.74, 6) is -1.91. The van der Waals surface area contributed by atoms with E-state index in [1.54, 1.807) is 24.3 Å². The third-order valence-electron chi connectivity index (χ3n) is 4.31. The number of halogens is 1. The molecule has 1 aromatic carbocycles. The van der Waals surface area contributed by atoms with Crippen LogP contribution in [-0.2, 0) is 19.1 Å². The molecular weight excluding hydrogens is 332 g/mol. The van der Waals surface area contributed by atoms with Gasteiger partial charge in [-0.15, -0.1) is 0 Å². The van der Waals surface area contributed by atoms with Crippen LogP contribution in [0.1, 0.15) is 32.1 Å². The van der Waals surface area contributed by atoms with E-state index >= 15 is 0 Å². The zero-order valence-corrected chi connectivity index (χ0v) is 14.1. The van der Waals surface area contributed by atoms with Crippen molar-refractivity contribution < 1.29 is 19.1 Å². The van der Waals surface area contributed by atoms with Crippen LogP contribution in [0, 0.1) is 0 Å². The molecule has 2 amide bonds. The first-order valence-electron chi connectivity index (χ1n) is 8.23. The first kappa shape index (κ1) is 17.2. The van der Waals surface area contributed by atoms with Crippen molar-refractivity contribution in [3.8, 4) is 0 Å². The van der Waals surface area contributed by atoms with Crippen LogP contribution in [0.2, 0.25) is 5.02 Å². The van der Waals surface area contributed by atoms with Crippen LogP contribution in [-0.4, -0.2) is 36.9 Å². The van der Waals surface area contributed by atoms with Crippen molar-refractivity contribution >= 4 is 29.1 Å². The Hall–Kier alpha value is -1.63. The van der Waals surface area contributed by atoms with Gasteiger partial charge in [0.2, 0.25) is 0 Å². The fourth-order valence-corrected chi connectivity index (χ4v) is 3.30. The van der Waals surface area contributed by atoms with Crippen LogP contribution >= 0.6 is 11.6 Å². The second-order valence-corrected chi connectivity index (χ2v) is 6.63. The fraction of sp³-hybridized carbons (Fsp3) is 0.529. The number of benzene rings is 1. The molecule has 130 valence electrons. The maximum absolute atomic E-state index is 11.9. The van der Waals surface area contributed by atoms with Gasteiger partial charge in [-0.2, -0.15) is 0 Å². The lowest BCUT2D eigenvalue weighted by molar-refractivity contribution is -0.186. The Morgan fingerprint density at radius 2 is 2.00 bits per heavy atom. The Morgan fingerprint density at radius 1 is 1.21 bits per heavy atom. The summed E-state index contributed by atoms with van der Waals surface area (Å²) in [4.78, 5) is 23.8. The Morgan fingerprint density at radius 3 is 2.75 bits per heavy atom. The summed E-state index contributed by atoms with van der Waals surface area (Å²) in [6, 6.07) is 6.63. The first-order chi connectivity index (χ1) is 11.6. The topological polar surface area (TPSA) is 76.7 Å². The smallest absolute Gasteiger partial charge is 0.313 e. The third-order valence-corrected chi connectivity index (χ3v) is 4.54. The lowest BCUT2D eigenvalue weighted by atomic mass is 9.94. The minimum Gasteiger partial charge on any atom is -0.347 e. The van der Waals surface area contributed by atoms with Crippen molar-refractivity contribution in [1.82, 2.24) is 5.32 Å². The molecule has 0 unspecified atom stereocenters. The van der Waals surface area contributed by atoms with Crippen LogP contribution in [0.15, 0.2) is 24.3 Å². The number of carbonyl (C=O) groups is 2. The highest BCUT2D eigenvalue weighted by Gasteiger charge is 2.42. The lowest BCUT2D eigenvalue weighted by Crippen LogP contribution is -2.41. The minimum absolute atomic E-state index is 0.217. The molecule has 3 rings (SSSR count). The summed E-state index contributed by atoms with van der Waals surface area (Å²) < 4.78 is 11.8. The molecule has 2 aliphatic rings. The normalized spacial score (nSPS) is 22.3. The Labute approximate surface area is 145 Å². The Bertz CT molecular complexity index is 616. The average Bonchev–Trinajstić information content (AvgIpc) is 2.96. The molecule has 24 heavy (non-hydrogen) atoms. The van der Waals surface area contributed by atoms with E-state index in [4.69, 9.17) is 21.1 Å². The standard InChI is InChI=1S/C17H21ClN2O4/c18-12-5-4-6-13(9-12)20-16(22)15(21)19-10-14-11-23-17(24-14)7-2-1-3-8-17/h4-6,9,14H,1-3,7-8,10-11H2,(H,19,21)(H,20,22)/t14-/m0/s1. The predicted octanol–water partition coefficient (Wildman–Crippen LogP) is 2.47. The average molecular weight is 353 g/mol. The van der Waals surface area contributed by atoms with E-state index in [1.807, 2.05) is 0 Å². The molecule has 1 aliphatic heterocycles. The van der Waals surface area contributed by atoms with Gasteiger partial charge >= 0.3 is 11.8 Å². The van der Waals surface area contributed by atoms with Crippen LogP contribution in [0.25, 0.3) is 0 Å². The summed E-state index contributed by atoms with van der Waals surface area (Å²) in [6.07, 6.45) is 4.98. The largest absolute Gasteiger partial charge is 0.347 e. The number of hydrogen-bond donors (Lipinski definition) is 2. The second kappa shape index (κ2) is 7.51. The highest BCUT2D eigenvalue weighted by Crippen LogP contribution is 2.37. The van der Waals surface area contributed by atoms with Gasteiger partial charge in [0.15, 0.2) is 5.79 Å². The molecule has 1 heterocycles. The van der Waals surface area contributed by atoms with Crippen LogP contribution < -0.4 is 10.6 Å². The van der Waals surface area contributed by atoms with Gasteiger partial charge in [-0.05, 0) is 31.0 Å².